The molecule has 1 aromatic carbocycles. The molecular weight excluding hydrogens is 290 g/mol. The average molecular weight is 317 g/mol. The fraction of sp³-hybridized carbons (Fsp3) is 0.579. The average Bonchev–Trinajstić information content (AvgIpc) is 2.45. The lowest BCUT2D eigenvalue weighted by Gasteiger charge is -2.52. The largest absolute Gasteiger partial charge is 0.296 e. The highest BCUT2D eigenvalue weighted by atomic mass is 16.7. The van der Waals surface area contributed by atoms with Crippen LogP contribution in [0.15, 0.2) is 30.3 Å². The van der Waals surface area contributed by atoms with Crippen molar-refractivity contribution in [2.24, 2.45) is 0 Å². The van der Waals surface area contributed by atoms with Gasteiger partial charge in [-0.2, -0.15) is 5.06 Å². The third-order valence-electron chi connectivity index (χ3n) is 4.55. The van der Waals surface area contributed by atoms with E-state index in [1.165, 1.54) is 6.92 Å². The van der Waals surface area contributed by atoms with Crippen LogP contribution < -0.4 is 0 Å². The molecule has 0 amide bonds. The van der Waals surface area contributed by atoms with E-state index in [0.29, 0.717) is 5.56 Å². The Morgan fingerprint density at radius 2 is 1.57 bits per heavy atom. The Hall–Kier alpha value is -1.52. The van der Waals surface area contributed by atoms with E-state index >= 15 is 0 Å². The Morgan fingerprint density at radius 3 is 2.04 bits per heavy atom. The molecule has 0 aromatic heterocycles. The number of carbonyl (C=O) groups is 2. The Labute approximate surface area is 138 Å². The Morgan fingerprint density at radius 1 is 1.04 bits per heavy atom. The molecule has 1 aromatic rings. The highest BCUT2D eigenvalue weighted by Gasteiger charge is 2.45. The van der Waals surface area contributed by atoms with Gasteiger partial charge in [0.1, 0.15) is 0 Å². The van der Waals surface area contributed by atoms with Crippen molar-refractivity contribution in [3.05, 3.63) is 35.9 Å². The molecular formula is C19H27NO3. The van der Waals surface area contributed by atoms with Gasteiger partial charge >= 0.3 is 0 Å². The Balaban J connectivity index is 2.28. The summed E-state index contributed by atoms with van der Waals surface area (Å²) < 4.78 is 0. The van der Waals surface area contributed by atoms with E-state index in [4.69, 9.17) is 4.84 Å². The van der Waals surface area contributed by atoms with Gasteiger partial charge in [0.25, 0.3) is 0 Å². The van der Waals surface area contributed by atoms with Crippen molar-refractivity contribution in [3.63, 3.8) is 0 Å². The third kappa shape index (κ3) is 3.88. The fourth-order valence-electron chi connectivity index (χ4n) is 3.43. The maximum atomic E-state index is 12.7. The van der Waals surface area contributed by atoms with Gasteiger partial charge in [-0.1, -0.05) is 30.3 Å². The number of rotatable bonds is 5. The molecule has 0 saturated carbocycles. The quantitative estimate of drug-likeness (QED) is 0.612. The Kier molecular flexibility index (Phi) is 5.07. The smallest absolute Gasteiger partial charge is 0.201 e. The van der Waals surface area contributed by atoms with Crippen molar-refractivity contribution in [1.82, 2.24) is 5.06 Å². The number of benzene rings is 1. The molecule has 2 rings (SSSR count). The van der Waals surface area contributed by atoms with Crippen LogP contribution in [0.25, 0.3) is 0 Å². The summed E-state index contributed by atoms with van der Waals surface area (Å²) in [5, 5.41) is 1.87. The molecule has 4 heteroatoms. The van der Waals surface area contributed by atoms with E-state index < -0.39 is 6.10 Å². The zero-order valence-electron chi connectivity index (χ0n) is 14.8. The number of Topliss-reactive ketones (excluding diaryl/α,β-unsaturated/α-hetero) is 2. The van der Waals surface area contributed by atoms with Crippen LogP contribution in [-0.2, 0) is 9.63 Å². The normalized spacial score (nSPS) is 21.6. The van der Waals surface area contributed by atoms with Gasteiger partial charge in [-0.25, -0.2) is 0 Å². The zero-order chi connectivity index (χ0) is 17.3. The van der Waals surface area contributed by atoms with Gasteiger partial charge in [0, 0.05) is 16.6 Å². The van der Waals surface area contributed by atoms with Crippen LogP contribution in [0.5, 0.6) is 0 Å². The van der Waals surface area contributed by atoms with Crippen LogP contribution in [-0.4, -0.2) is 33.8 Å². The van der Waals surface area contributed by atoms with Gasteiger partial charge in [0.05, 0.1) is 0 Å². The lowest BCUT2D eigenvalue weighted by atomic mass is 9.82. The first kappa shape index (κ1) is 17.8. The molecule has 1 fully saturated rings. The molecule has 1 saturated heterocycles. The predicted octanol–water partition coefficient (Wildman–Crippen LogP) is 3.80. The standard InChI is InChI=1S/C19H27NO3/c1-14(21)17(16(22)15-10-7-6-8-11-15)23-20-18(2,3)12-9-13-19(20,4)5/h6-8,10-11,17H,9,12-13H2,1-5H3. The summed E-state index contributed by atoms with van der Waals surface area (Å²) in [4.78, 5) is 30.8. The molecule has 0 aliphatic carbocycles. The minimum absolute atomic E-state index is 0.216. The summed E-state index contributed by atoms with van der Waals surface area (Å²) in [5.41, 5.74) is 0.0686. The lowest BCUT2D eigenvalue weighted by molar-refractivity contribution is -0.289. The van der Waals surface area contributed by atoms with E-state index in [1.54, 1.807) is 24.3 Å². The molecule has 126 valence electrons. The number of piperidine rings is 1. The van der Waals surface area contributed by atoms with E-state index in [-0.39, 0.29) is 22.6 Å². The van der Waals surface area contributed by atoms with E-state index in [2.05, 4.69) is 27.7 Å². The first-order chi connectivity index (χ1) is 10.6. The van der Waals surface area contributed by atoms with Crippen LogP contribution in [0.4, 0.5) is 0 Å². The fourth-order valence-corrected chi connectivity index (χ4v) is 3.43. The van der Waals surface area contributed by atoms with Crippen molar-refractivity contribution in [2.75, 3.05) is 0 Å². The van der Waals surface area contributed by atoms with Crippen molar-refractivity contribution >= 4 is 11.6 Å². The molecule has 0 spiro atoms. The zero-order valence-corrected chi connectivity index (χ0v) is 14.8. The van der Waals surface area contributed by atoms with Crippen LogP contribution >= 0.6 is 0 Å². The summed E-state index contributed by atoms with van der Waals surface area (Å²) >= 11 is 0. The monoisotopic (exact) mass is 317 g/mol. The van der Waals surface area contributed by atoms with Crippen molar-refractivity contribution in [1.29, 1.82) is 0 Å². The van der Waals surface area contributed by atoms with Gasteiger partial charge in [-0.3, -0.25) is 14.4 Å². The molecule has 1 aliphatic rings. The van der Waals surface area contributed by atoms with E-state index in [0.717, 1.165) is 19.3 Å². The number of ketones is 2. The van der Waals surface area contributed by atoms with E-state index in [1.807, 2.05) is 11.1 Å². The van der Waals surface area contributed by atoms with E-state index in [9.17, 15) is 9.59 Å². The number of carbonyl (C=O) groups excluding carboxylic acids is 2. The second kappa shape index (κ2) is 6.54. The number of nitrogens with zero attached hydrogens (tertiary/aromatic N) is 1. The maximum absolute atomic E-state index is 12.7. The van der Waals surface area contributed by atoms with Gasteiger partial charge in [0.15, 0.2) is 11.9 Å². The highest BCUT2D eigenvalue weighted by molar-refractivity contribution is 6.12. The molecule has 4 nitrogen and oxygen atoms in total. The SMILES string of the molecule is CC(=O)C(ON1C(C)(C)CCCC1(C)C)C(=O)c1ccccc1. The van der Waals surface area contributed by atoms with Gasteiger partial charge in [0.2, 0.25) is 5.78 Å². The molecule has 1 atom stereocenters. The second-order valence-corrected chi connectivity index (χ2v) is 7.60. The van der Waals surface area contributed by atoms with Crippen molar-refractivity contribution in [2.45, 2.75) is 71.1 Å². The minimum Gasteiger partial charge on any atom is -0.296 e. The van der Waals surface area contributed by atoms with Crippen molar-refractivity contribution in [3.8, 4) is 0 Å². The summed E-state index contributed by atoms with van der Waals surface area (Å²) in [7, 11) is 0. The number of hydroxylamine groups is 2. The van der Waals surface area contributed by atoms with Crippen LogP contribution in [0, 0.1) is 0 Å². The maximum Gasteiger partial charge on any atom is 0.201 e. The van der Waals surface area contributed by atoms with Gasteiger partial charge < -0.3 is 0 Å². The topological polar surface area (TPSA) is 46.6 Å². The number of hydrogen-bond donors (Lipinski definition) is 0. The lowest BCUT2D eigenvalue weighted by Crippen LogP contribution is -2.60. The van der Waals surface area contributed by atoms with Crippen LogP contribution in [0.3, 0.4) is 0 Å². The molecule has 1 unspecified atom stereocenters. The van der Waals surface area contributed by atoms with Gasteiger partial charge in [-0.15, -0.1) is 0 Å². The molecule has 1 aliphatic heterocycles. The van der Waals surface area contributed by atoms with Gasteiger partial charge in [-0.05, 0) is 53.9 Å². The third-order valence-corrected chi connectivity index (χ3v) is 4.55. The summed E-state index contributed by atoms with van der Waals surface area (Å²) in [6.07, 6.45) is 1.97. The number of hydrogen-bond acceptors (Lipinski definition) is 4. The van der Waals surface area contributed by atoms with Crippen LogP contribution in [0.2, 0.25) is 0 Å². The van der Waals surface area contributed by atoms with Crippen LogP contribution in [0.1, 0.15) is 64.2 Å². The second-order valence-electron chi connectivity index (χ2n) is 7.60. The summed E-state index contributed by atoms with van der Waals surface area (Å²) in [5.74, 6) is -0.550. The first-order valence-electron chi connectivity index (χ1n) is 8.22. The minimum atomic E-state index is -1.09. The first-order valence-corrected chi connectivity index (χ1v) is 8.22. The molecule has 1 heterocycles. The summed E-state index contributed by atoms with van der Waals surface area (Å²) in [6.45, 7) is 9.79. The highest BCUT2D eigenvalue weighted by Crippen LogP contribution is 2.39. The molecule has 0 bridgehead atoms. The molecule has 0 N–H and O–H groups in total. The van der Waals surface area contributed by atoms with Crippen molar-refractivity contribution < 1.29 is 14.4 Å². The summed E-state index contributed by atoms with van der Waals surface area (Å²) in [6, 6.07) is 8.86. The Bertz CT molecular complexity index is 562. The predicted molar refractivity (Wildman–Crippen MR) is 90.2 cm³/mol. The molecule has 0 radical (unpaired) electrons. The molecule has 23 heavy (non-hydrogen) atoms.